The van der Waals surface area contributed by atoms with Crippen molar-refractivity contribution in [1.29, 1.82) is 0 Å². The van der Waals surface area contributed by atoms with Gasteiger partial charge in [0.05, 0.1) is 0 Å². The first-order valence-electron chi connectivity index (χ1n) is 8.74. The van der Waals surface area contributed by atoms with Crippen molar-refractivity contribution >= 4 is 5.91 Å². The predicted octanol–water partition coefficient (Wildman–Crippen LogP) is 2.29. The molecule has 0 bridgehead atoms. The van der Waals surface area contributed by atoms with Gasteiger partial charge in [0.15, 0.2) is 12.4 Å². The molecule has 2 heterocycles. The molecule has 0 spiro atoms. The number of hydrogen-bond donors (Lipinski definition) is 1. The highest BCUT2D eigenvalue weighted by Gasteiger charge is 2.30. The smallest absolute Gasteiger partial charge is 0.260 e. The average molecular weight is 344 g/mol. The van der Waals surface area contributed by atoms with Crippen molar-refractivity contribution in [2.45, 2.75) is 31.6 Å². The van der Waals surface area contributed by atoms with Gasteiger partial charge < -0.3 is 9.64 Å². The van der Waals surface area contributed by atoms with Crippen LogP contribution in [0.4, 0.5) is 4.39 Å². The number of ether oxygens (including phenoxy) is 1. The summed E-state index contributed by atoms with van der Waals surface area (Å²) in [6.07, 6.45) is 4.16. The molecule has 2 fully saturated rings. The highest BCUT2D eigenvalue weighted by atomic mass is 19.1. The van der Waals surface area contributed by atoms with Crippen molar-refractivity contribution in [2.24, 2.45) is 5.92 Å². The van der Waals surface area contributed by atoms with Crippen molar-refractivity contribution in [3.8, 4) is 5.75 Å². The average Bonchev–Trinajstić information content (AvgIpc) is 3.18. The minimum atomic E-state index is -0.321. The summed E-state index contributed by atoms with van der Waals surface area (Å²) in [7, 11) is 0. The number of aromatic amines is 1. The minimum Gasteiger partial charge on any atom is -0.484 e. The van der Waals surface area contributed by atoms with Gasteiger partial charge in [0.2, 0.25) is 0 Å². The molecule has 132 valence electrons. The lowest BCUT2D eigenvalue weighted by Crippen LogP contribution is -2.33. The summed E-state index contributed by atoms with van der Waals surface area (Å²) in [6, 6.07) is 5.69. The first kappa shape index (κ1) is 16.1. The summed E-state index contributed by atoms with van der Waals surface area (Å²) in [5.41, 5.74) is 0. The Bertz CT molecular complexity index is 742. The number of carbonyl (C=O) groups excluding carboxylic acids is 1. The molecule has 1 saturated carbocycles. The normalized spacial score (nSPS) is 20.0. The maximum atomic E-state index is 12.9. The zero-order chi connectivity index (χ0) is 17.2. The zero-order valence-electron chi connectivity index (χ0n) is 13.9. The van der Waals surface area contributed by atoms with Crippen molar-refractivity contribution in [2.75, 3.05) is 19.7 Å². The number of hydrogen-bond acceptors (Lipinski definition) is 4. The van der Waals surface area contributed by atoms with Crippen LogP contribution in [0.3, 0.4) is 0 Å². The molecular formula is C18H21FN4O2. The van der Waals surface area contributed by atoms with Gasteiger partial charge in [0.25, 0.3) is 5.91 Å². The van der Waals surface area contributed by atoms with Crippen molar-refractivity contribution < 1.29 is 13.9 Å². The highest BCUT2D eigenvalue weighted by Crippen LogP contribution is 2.37. The van der Waals surface area contributed by atoms with Gasteiger partial charge in [-0.25, -0.2) is 9.37 Å². The third kappa shape index (κ3) is 3.97. The van der Waals surface area contributed by atoms with Crippen molar-refractivity contribution in [1.82, 2.24) is 20.1 Å². The number of likely N-dealkylation sites (tertiary alicyclic amines) is 1. The van der Waals surface area contributed by atoms with E-state index in [-0.39, 0.29) is 18.3 Å². The molecule has 2 aliphatic rings. The van der Waals surface area contributed by atoms with E-state index >= 15 is 0 Å². The SMILES string of the molecule is O=C(COc1ccc(F)cc1)N1CCC(Cc2nc(C3CC3)n[nH]2)C1. The third-order valence-electron chi connectivity index (χ3n) is 4.79. The molecule has 1 saturated heterocycles. The van der Waals surface area contributed by atoms with Crippen LogP contribution < -0.4 is 4.74 Å². The van der Waals surface area contributed by atoms with Gasteiger partial charge in [-0.3, -0.25) is 9.89 Å². The Morgan fingerprint density at radius 3 is 2.84 bits per heavy atom. The molecule has 4 rings (SSSR count). The summed E-state index contributed by atoms with van der Waals surface area (Å²) in [5, 5.41) is 7.31. The molecule has 1 amide bonds. The molecule has 7 heteroatoms. The molecule has 25 heavy (non-hydrogen) atoms. The number of benzene rings is 1. The first-order chi connectivity index (χ1) is 12.2. The summed E-state index contributed by atoms with van der Waals surface area (Å²) in [5.74, 6) is 2.95. The fourth-order valence-corrected chi connectivity index (χ4v) is 3.19. The van der Waals surface area contributed by atoms with Crippen LogP contribution in [-0.4, -0.2) is 45.7 Å². The van der Waals surface area contributed by atoms with E-state index in [2.05, 4.69) is 15.2 Å². The number of aromatic nitrogens is 3. The zero-order valence-corrected chi connectivity index (χ0v) is 13.9. The van der Waals surface area contributed by atoms with Crippen LogP contribution in [0.25, 0.3) is 0 Å². The Morgan fingerprint density at radius 1 is 1.28 bits per heavy atom. The lowest BCUT2D eigenvalue weighted by Gasteiger charge is -2.16. The standard InChI is InChI=1S/C18H21FN4O2/c19-14-3-5-15(6-4-14)25-11-17(24)23-8-7-12(10-23)9-16-20-18(22-21-16)13-1-2-13/h3-6,12-13H,1-2,7-11H2,(H,20,21,22). The fourth-order valence-electron chi connectivity index (χ4n) is 3.19. The number of carbonyl (C=O) groups is 1. The highest BCUT2D eigenvalue weighted by molar-refractivity contribution is 5.78. The van der Waals surface area contributed by atoms with Gasteiger partial charge in [0.1, 0.15) is 17.4 Å². The van der Waals surface area contributed by atoms with E-state index in [4.69, 9.17) is 4.74 Å². The minimum absolute atomic E-state index is 0.0213. The number of H-pyrrole nitrogens is 1. The van der Waals surface area contributed by atoms with E-state index in [9.17, 15) is 9.18 Å². The summed E-state index contributed by atoms with van der Waals surface area (Å²) in [6.45, 7) is 1.43. The number of rotatable bonds is 6. The summed E-state index contributed by atoms with van der Waals surface area (Å²) >= 11 is 0. The molecule has 1 aliphatic heterocycles. The van der Waals surface area contributed by atoms with Crippen LogP contribution in [-0.2, 0) is 11.2 Å². The van der Waals surface area contributed by atoms with Crippen LogP contribution in [0.5, 0.6) is 5.75 Å². The quantitative estimate of drug-likeness (QED) is 0.873. The second-order valence-electron chi connectivity index (χ2n) is 6.86. The van der Waals surface area contributed by atoms with Gasteiger partial charge in [-0.1, -0.05) is 0 Å². The Labute approximate surface area is 145 Å². The summed E-state index contributed by atoms with van der Waals surface area (Å²) in [4.78, 5) is 18.7. The number of nitrogens with zero attached hydrogens (tertiary/aromatic N) is 3. The number of nitrogens with one attached hydrogen (secondary N) is 1. The molecule has 1 unspecified atom stereocenters. The number of amides is 1. The Balaban J connectivity index is 1.24. The summed E-state index contributed by atoms with van der Waals surface area (Å²) < 4.78 is 18.3. The molecule has 2 aromatic rings. The Hall–Kier alpha value is -2.44. The molecule has 1 aliphatic carbocycles. The van der Waals surface area contributed by atoms with Gasteiger partial charge >= 0.3 is 0 Å². The maximum Gasteiger partial charge on any atom is 0.260 e. The molecule has 1 aromatic heterocycles. The van der Waals surface area contributed by atoms with Crippen LogP contribution >= 0.6 is 0 Å². The number of halogens is 1. The van der Waals surface area contributed by atoms with Crippen LogP contribution in [0.15, 0.2) is 24.3 Å². The third-order valence-corrected chi connectivity index (χ3v) is 4.79. The van der Waals surface area contributed by atoms with Crippen molar-refractivity contribution in [3.05, 3.63) is 41.7 Å². The second-order valence-corrected chi connectivity index (χ2v) is 6.86. The molecule has 1 N–H and O–H groups in total. The molecular weight excluding hydrogens is 323 g/mol. The second kappa shape index (κ2) is 6.82. The van der Waals surface area contributed by atoms with E-state index in [0.717, 1.165) is 31.0 Å². The van der Waals surface area contributed by atoms with Gasteiger partial charge in [-0.2, -0.15) is 5.10 Å². The van der Waals surface area contributed by atoms with Crippen LogP contribution in [0.1, 0.15) is 36.8 Å². The van der Waals surface area contributed by atoms with E-state index in [1.54, 1.807) is 0 Å². The maximum absolute atomic E-state index is 12.9. The first-order valence-corrected chi connectivity index (χ1v) is 8.74. The van der Waals surface area contributed by atoms with E-state index in [0.29, 0.717) is 24.1 Å². The lowest BCUT2D eigenvalue weighted by atomic mass is 10.1. The Kier molecular flexibility index (Phi) is 4.38. The van der Waals surface area contributed by atoms with Crippen LogP contribution in [0.2, 0.25) is 0 Å². The molecule has 1 atom stereocenters. The monoisotopic (exact) mass is 344 g/mol. The predicted molar refractivity (Wildman–Crippen MR) is 88.6 cm³/mol. The van der Waals surface area contributed by atoms with Gasteiger partial charge in [0, 0.05) is 25.4 Å². The van der Waals surface area contributed by atoms with Gasteiger partial charge in [-0.15, -0.1) is 0 Å². The van der Waals surface area contributed by atoms with E-state index < -0.39 is 0 Å². The van der Waals surface area contributed by atoms with Crippen molar-refractivity contribution in [3.63, 3.8) is 0 Å². The topological polar surface area (TPSA) is 71.1 Å². The van der Waals surface area contributed by atoms with Crippen LogP contribution in [0, 0.1) is 11.7 Å². The molecule has 0 radical (unpaired) electrons. The van der Waals surface area contributed by atoms with E-state index in [1.807, 2.05) is 4.90 Å². The molecule has 1 aromatic carbocycles. The van der Waals surface area contributed by atoms with Gasteiger partial charge in [-0.05, 0) is 49.4 Å². The molecule has 6 nitrogen and oxygen atoms in total. The fraction of sp³-hybridized carbons (Fsp3) is 0.500. The lowest BCUT2D eigenvalue weighted by molar-refractivity contribution is -0.132. The van der Waals surface area contributed by atoms with E-state index in [1.165, 1.54) is 37.1 Å². The largest absolute Gasteiger partial charge is 0.484 e. The Morgan fingerprint density at radius 2 is 2.08 bits per heavy atom.